The second-order valence-electron chi connectivity index (χ2n) is 6.96. The van der Waals surface area contributed by atoms with Crippen molar-refractivity contribution >= 4 is 41.7 Å². The van der Waals surface area contributed by atoms with Crippen LogP contribution in [0.3, 0.4) is 0 Å². The van der Waals surface area contributed by atoms with Gasteiger partial charge in [-0.2, -0.15) is 11.8 Å². The van der Waals surface area contributed by atoms with Gasteiger partial charge in [0.25, 0.3) is 0 Å². The lowest BCUT2D eigenvalue weighted by atomic mass is 9.96. The van der Waals surface area contributed by atoms with Crippen LogP contribution in [-0.4, -0.2) is 36.2 Å². The maximum atomic E-state index is 6.10. The van der Waals surface area contributed by atoms with E-state index in [1.807, 2.05) is 13.1 Å². The number of hydrogen-bond donors (Lipinski definition) is 2. The molecule has 1 saturated carbocycles. The average Bonchev–Trinajstić information content (AvgIpc) is 2.99. The predicted molar refractivity (Wildman–Crippen MR) is 118 cm³/mol. The van der Waals surface area contributed by atoms with Crippen molar-refractivity contribution in [3.05, 3.63) is 29.8 Å². The molecule has 1 aromatic carbocycles. The summed E-state index contributed by atoms with van der Waals surface area (Å²) in [5.41, 5.74) is 1.19. The molecule has 2 fully saturated rings. The molecule has 1 unspecified atom stereocenters. The molecule has 0 radical (unpaired) electrons. The van der Waals surface area contributed by atoms with Gasteiger partial charge in [-0.15, -0.1) is 24.0 Å². The zero-order valence-corrected chi connectivity index (χ0v) is 18.4. The van der Waals surface area contributed by atoms with Crippen molar-refractivity contribution in [2.24, 2.45) is 4.99 Å². The molecule has 140 valence electrons. The minimum atomic E-state index is 0. The van der Waals surface area contributed by atoms with Crippen molar-refractivity contribution in [2.45, 2.75) is 56.4 Å². The van der Waals surface area contributed by atoms with E-state index in [9.17, 15) is 0 Å². The van der Waals surface area contributed by atoms with Gasteiger partial charge >= 0.3 is 0 Å². The summed E-state index contributed by atoms with van der Waals surface area (Å²) in [4.78, 5) is 4.36. The first-order valence-corrected chi connectivity index (χ1v) is 10.0. The van der Waals surface area contributed by atoms with Crippen LogP contribution in [0, 0.1) is 0 Å². The fraction of sp³-hybridized carbons (Fsp3) is 0.632. The Morgan fingerprint density at radius 2 is 2.08 bits per heavy atom. The first-order chi connectivity index (χ1) is 11.7. The van der Waals surface area contributed by atoms with Crippen molar-refractivity contribution in [1.29, 1.82) is 0 Å². The molecule has 0 spiro atoms. The van der Waals surface area contributed by atoms with E-state index in [4.69, 9.17) is 4.74 Å². The maximum absolute atomic E-state index is 6.10. The van der Waals surface area contributed by atoms with Crippen LogP contribution in [0.2, 0.25) is 0 Å². The zero-order valence-electron chi connectivity index (χ0n) is 15.2. The summed E-state index contributed by atoms with van der Waals surface area (Å²) in [6.07, 6.45) is 6.66. The van der Waals surface area contributed by atoms with Gasteiger partial charge in [-0.3, -0.25) is 4.99 Å². The summed E-state index contributed by atoms with van der Waals surface area (Å²) >= 11 is 2.06. The van der Waals surface area contributed by atoms with Crippen LogP contribution in [-0.2, 0) is 6.54 Å². The van der Waals surface area contributed by atoms with Gasteiger partial charge in [0.05, 0.1) is 6.10 Å². The highest BCUT2D eigenvalue weighted by Crippen LogP contribution is 2.36. The number of hydrogen-bond acceptors (Lipinski definition) is 3. The van der Waals surface area contributed by atoms with E-state index in [0.717, 1.165) is 24.8 Å². The third kappa shape index (κ3) is 5.94. The number of benzene rings is 1. The molecule has 1 heterocycles. The molecule has 0 bridgehead atoms. The molecule has 1 aliphatic carbocycles. The Morgan fingerprint density at radius 1 is 1.28 bits per heavy atom. The number of para-hydroxylation sites is 1. The molecule has 0 amide bonds. The van der Waals surface area contributed by atoms with Gasteiger partial charge in [0, 0.05) is 30.4 Å². The van der Waals surface area contributed by atoms with Crippen molar-refractivity contribution in [2.75, 3.05) is 19.3 Å². The van der Waals surface area contributed by atoms with Gasteiger partial charge < -0.3 is 15.4 Å². The smallest absolute Gasteiger partial charge is 0.191 e. The molecule has 1 aliphatic heterocycles. The Kier molecular flexibility index (Phi) is 8.19. The van der Waals surface area contributed by atoms with Gasteiger partial charge in [-0.1, -0.05) is 18.2 Å². The first kappa shape index (κ1) is 20.7. The number of guanidine groups is 1. The fourth-order valence-electron chi connectivity index (χ4n) is 3.08. The van der Waals surface area contributed by atoms with Crippen LogP contribution in [0.5, 0.6) is 5.75 Å². The van der Waals surface area contributed by atoms with Crippen LogP contribution in [0.25, 0.3) is 0 Å². The second kappa shape index (κ2) is 9.90. The Labute approximate surface area is 173 Å². The fourth-order valence-corrected chi connectivity index (χ4v) is 4.32. The molecule has 6 heteroatoms. The zero-order chi connectivity index (χ0) is 16.8. The minimum Gasteiger partial charge on any atom is -0.490 e. The number of thioether (sulfide) groups is 1. The minimum absolute atomic E-state index is 0. The molecule has 2 aliphatic rings. The highest BCUT2D eigenvalue weighted by molar-refractivity contribution is 14.0. The van der Waals surface area contributed by atoms with Crippen LogP contribution in [0.1, 0.15) is 44.6 Å². The van der Waals surface area contributed by atoms with Crippen LogP contribution >= 0.6 is 35.7 Å². The lowest BCUT2D eigenvalue weighted by Gasteiger charge is -2.28. The highest BCUT2D eigenvalue weighted by Gasteiger charge is 2.29. The van der Waals surface area contributed by atoms with Gasteiger partial charge in [-0.25, -0.2) is 0 Å². The quantitative estimate of drug-likeness (QED) is 0.368. The van der Waals surface area contributed by atoms with Crippen LogP contribution in [0.4, 0.5) is 0 Å². The summed E-state index contributed by atoms with van der Waals surface area (Å²) in [6.45, 7) is 4.02. The summed E-state index contributed by atoms with van der Waals surface area (Å²) in [5.74, 6) is 3.14. The number of ether oxygens (including phenoxy) is 1. The van der Waals surface area contributed by atoms with E-state index in [0.29, 0.717) is 10.9 Å². The van der Waals surface area contributed by atoms with Crippen molar-refractivity contribution in [1.82, 2.24) is 10.6 Å². The summed E-state index contributed by atoms with van der Waals surface area (Å²) in [6, 6.07) is 8.31. The molecule has 3 rings (SSSR count). The van der Waals surface area contributed by atoms with Crippen LogP contribution < -0.4 is 15.4 Å². The summed E-state index contributed by atoms with van der Waals surface area (Å²) in [7, 11) is 1.83. The number of aliphatic imine (C=N–C) groups is 1. The number of rotatable bonds is 6. The number of halogens is 1. The topological polar surface area (TPSA) is 45.7 Å². The van der Waals surface area contributed by atoms with Crippen molar-refractivity contribution < 1.29 is 4.74 Å². The number of nitrogens with one attached hydrogen (secondary N) is 2. The van der Waals surface area contributed by atoms with E-state index in [-0.39, 0.29) is 24.0 Å². The third-order valence-electron chi connectivity index (χ3n) is 4.92. The van der Waals surface area contributed by atoms with Crippen molar-refractivity contribution in [3.63, 3.8) is 0 Å². The van der Waals surface area contributed by atoms with Gasteiger partial charge in [0.15, 0.2) is 5.96 Å². The Morgan fingerprint density at radius 3 is 2.72 bits per heavy atom. The molecule has 1 atom stereocenters. The molecule has 2 N–H and O–H groups in total. The van der Waals surface area contributed by atoms with E-state index in [1.165, 1.54) is 43.4 Å². The van der Waals surface area contributed by atoms with Gasteiger partial charge in [-0.05, 0) is 50.8 Å². The Balaban J connectivity index is 0.00000225. The SMILES string of the molecule is CN=C(NCc1ccccc1OC1CCC1)NCC1(C)CCCS1.I. The largest absolute Gasteiger partial charge is 0.490 e. The summed E-state index contributed by atoms with van der Waals surface area (Å²) in [5, 5.41) is 6.91. The molecular weight excluding hydrogens is 445 g/mol. The molecular formula is C19H30IN3OS. The Bertz CT molecular complexity index is 572. The van der Waals surface area contributed by atoms with E-state index in [1.54, 1.807) is 0 Å². The van der Waals surface area contributed by atoms with Crippen LogP contribution in [0.15, 0.2) is 29.3 Å². The lowest BCUT2D eigenvalue weighted by Crippen LogP contribution is -2.43. The number of nitrogens with zero attached hydrogens (tertiary/aromatic N) is 1. The predicted octanol–water partition coefficient (Wildman–Crippen LogP) is 4.19. The maximum Gasteiger partial charge on any atom is 0.191 e. The Hall–Kier alpha value is -0.630. The highest BCUT2D eigenvalue weighted by atomic mass is 127. The van der Waals surface area contributed by atoms with Gasteiger partial charge in [0.1, 0.15) is 5.75 Å². The average molecular weight is 475 g/mol. The lowest BCUT2D eigenvalue weighted by molar-refractivity contribution is 0.119. The van der Waals surface area contributed by atoms with E-state index < -0.39 is 0 Å². The van der Waals surface area contributed by atoms with Crippen molar-refractivity contribution in [3.8, 4) is 5.75 Å². The van der Waals surface area contributed by atoms with E-state index in [2.05, 4.69) is 52.5 Å². The molecule has 0 aromatic heterocycles. The molecule has 25 heavy (non-hydrogen) atoms. The third-order valence-corrected chi connectivity index (χ3v) is 6.46. The second-order valence-corrected chi connectivity index (χ2v) is 8.64. The standard InChI is InChI=1S/C19H29N3OS.HI/c1-19(11-6-12-24-19)14-22-18(20-2)21-13-15-7-3-4-10-17(15)23-16-8-5-9-16;/h3-4,7,10,16H,5-6,8-9,11-14H2,1-2H3,(H2,20,21,22);1H. The normalized spacial score (nSPS) is 23.5. The molecule has 1 aromatic rings. The first-order valence-electron chi connectivity index (χ1n) is 9.02. The van der Waals surface area contributed by atoms with Gasteiger partial charge in [0.2, 0.25) is 0 Å². The molecule has 4 nitrogen and oxygen atoms in total. The van der Waals surface area contributed by atoms with E-state index >= 15 is 0 Å². The molecule has 1 saturated heterocycles. The summed E-state index contributed by atoms with van der Waals surface area (Å²) < 4.78 is 6.44. The monoisotopic (exact) mass is 475 g/mol.